The summed E-state index contributed by atoms with van der Waals surface area (Å²) in [6, 6.07) is 6.75. The van der Waals surface area contributed by atoms with Gasteiger partial charge in [0, 0.05) is 18.5 Å². The number of fused-ring (bicyclic) bond motifs is 2. The number of nitrogens with zero attached hydrogens (tertiary/aromatic N) is 2. The van der Waals surface area contributed by atoms with E-state index in [1.54, 1.807) is 10.7 Å². The number of nitrogens with one attached hydrogen (secondary N) is 1. The zero-order valence-electron chi connectivity index (χ0n) is 8.69. The predicted molar refractivity (Wildman–Crippen MR) is 63.3 cm³/mol. The van der Waals surface area contributed by atoms with Crippen molar-refractivity contribution in [3.63, 3.8) is 0 Å². The Morgan fingerprint density at radius 1 is 1.38 bits per heavy atom. The van der Waals surface area contributed by atoms with Crippen LogP contribution in [0.3, 0.4) is 0 Å². The first kappa shape index (κ1) is 8.96. The minimum Gasteiger partial charge on any atom is -0.384 e. The van der Waals surface area contributed by atoms with Crippen molar-refractivity contribution in [2.75, 3.05) is 5.73 Å². The summed E-state index contributed by atoms with van der Waals surface area (Å²) >= 11 is 0. The van der Waals surface area contributed by atoms with Gasteiger partial charge in [0.2, 0.25) is 0 Å². The molecule has 0 saturated heterocycles. The van der Waals surface area contributed by atoms with Crippen LogP contribution in [0.15, 0.2) is 29.1 Å². The van der Waals surface area contributed by atoms with Crippen LogP contribution in [-0.4, -0.2) is 14.8 Å². The van der Waals surface area contributed by atoms with Crippen molar-refractivity contribution in [1.82, 2.24) is 14.8 Å². The molecule has 5 nitrogen and oxygen atoms in total. The van der Waals surface area contributed by atoms with Gasteiger partial charge in [0.05, 0.1) is 10.9 Å². The molecule has 0 unspecified atom stereocenters. The zero-order valence-corrected chi connectivity index (χ0v) is 8.69. The van der Waals surface area contributed by atoms with Crippen LogP contribution >= 0.6 is 0 Å². The maximum absolute atomic E-state index is 11.2. The molecule has 2 heterocycles. The van der Waals surface area contributed by atoms with Crippen molar-refractivity contribution in [3.05, 3.63) is 34.5 Å². The van der Waals surface area contributed by atoms with Gasteiger partial charge in [-0.25, -0.2) is 4.98 Å². The van der Waals surface area contributed by atoms with Crippen LogP contribution in [-0.2, 0) is 7.05 Å². The van der Waals surface area contributed by atoms with Crippen LogP contribution in [0.2, 0.25) is 0 Å². The highest BCUT2D eigenvalue weighted by Crippen LogP contribution is 2.22. The van der Waals surface area contributed by atoms with E-state index in [1.807, 2.05) is 13.1 Å². The number of aromatic amines is 1. The molecule has 3 N–H and O–H groups in total. The van der Waals surface area contributed by atoms with Crippen molar-refractivity contribution in [1.29, 1.82) is 0 Å². The molecule has 80 valence electrons. The van der Waals surface area contributed by atoms with E-state index in [0.29, 0.717) is 11.3 Å². The lowest BCUT2D eigenvalue weighted by atomic mass is 10.2. The van der Waals surface area contributed by atoms with E-state index in [9.17, 15) is 4.79 Å². The summed E-state index contributed by atoms with van der Waals surface area (Å²) in [5, 5.41) is 4.74. The number of hydrogen-bond acceptors (Lipinski definition) is 3. The van der Waals surface area contributed by atoms with Crippen LogP contribution < -0.4 is 11.2 Å². The van der Waals surface area contributed by atoms with E-state index in [1.165, 1.54) is 12.1 Å². The molecule has 0 atom stereocenters. The van der Waals surface area contributed by atoms with Gasteiger partial charge in [-0.15, -0.1) is 0 Å². The fourth-order valence-electron chi connectivity index (χ4n) is 1.88. The summed E-state index contributed by atoms with van der Waals surface area (Å²) in [5.74, 6) is 0.582. The molecule has 0 aliphatic heterocycles. The minimum absolute atomic E-state index is 0.0366. The van der Waals surface area contributed by atoms with Gasteiger partial charge < -0.3 is 5.73 Å². The largest absolute Gasteiger partial charge is 0.384 e. The molecule has 0 bridgehead atoms. The summed E-state index contributed by atoms with van der Waals surface area (Å²) in [7, 11) is 1.83. The van der Waals surface area contributed by atoms with Gasteiger partial charge in [-0.05, 0) is 18.2 Å². The van der Waals surface area contributed by atoms with Crippen LogP contribution in [0.25, 0.3) is 21.9 Å². The average molecular weight is 214 g/mol. The van der Waals surface area contributed by atoms with E-state index in [4.69, 9.17) is 5.73 Å². The molecule has 2 aromatic heterocycles. The van der Waals surface area contributed by atoms with Crippen molar-refractivity contribution in [2.24, 2.45) is 7.05 Å². The quantitative estimate of drug-likeness (QED) is 0.586. The molecule has 0 saturated carbocycles. The fraction of sp³-hybridized carbons (Fsp3) is 0.0909. The number of aromatic nitrogens is 3. The maximum Gasteiger partial charge on any atom is 0.180 e. The van der Waals surface area contributed by atoms with Gasteiger partial charge in [-0.1, -0.05) is 0 Å². The number of hydrogen-bond donors (Lipinski definition) is 2. The number of rotatable bonds is 0. The second-order valence-electron chi connectivity index (χ2n) is 3.80. The summed E-state index contributed by atoms with van der Waals surface area (Å²) in [6.07, 6.45) is 0. The number of H-pyrrole nitrogens is 1. The van der Waals surface area contributed by atoms with E-state index in [-0.39, 0.29) is 5.43 Å². The molecular formula is C11H10N4O. The standard InChI is InChI=1S/C11H10N4O/c1-15-11-8(10(12)14-15)4-6-2-3-7(16)5-9(6)13-11/h2-5,14H,12H2,1H3. The second-order valence-corrected chi connectivity index (χ2v) is 3.80. The van der Waals surface area contributed by atoms with E-state index >= 15 is 0 Å². The Morgan fingerprint density at radius 2 is 2.19 bits per heavy atom. The number of anilines is 1. The number of benzene rings is 1. The van der Waals surface area contributed by atoms with Crippen LogP contribution in [0, 0.1) is 0 Å². The maximum atomic E-state index is 11.2. The molecule has 3 rings (SSSR count). The number of aryl methyl sites for hydroxylation is 1. The van der Waals surface area contributed by atoms with E-state index in [2.05, 4.69) is 10.1 Å². The number of pyridine rings is 1. The molecule has 0 aliphatic carbocycles. The highest BCUT2D eigenvalue weighted by atomic mass is 16.1. The Hall–Kier alpha value is -2.30. The third-order valence-corrected chi connectivity index (χ3v) is 2.67. The van der Waals surface area contributed by atoms with Gasteiger partial charge in [0.25, 0.3) is 0 Å². The molecule has 3 aromatic rings. The highest BCUT2D eigenvalue weighted by Gasteiger charge is 2.07. The van der Waals surface area contributed by atoms with Gasteiger partial charge in [-0.2, -0.15) is 0 Å². The van der Waals surface area contributed by atoms with Crippen molar-refractivity contribution >= 4 is 27.8 Å². The van der Waals surface area contributed by atoms with E-state index < -0.39 is 0 Å². The molecule has 0 spiro atoms. The van der Waals surface area contributed by atoms with Crippen molar-refractivity contribution in [2.45, 2.75) is 0 Å². The number of nitrogen functional groups attached to an aromatic ring is 1. The van der Waals surface area contributed by atoms with Gasteiger partial charge in [0.15, 0.2) is 11.1 Å². The normalized spacial score (nSPS) is 11.3. The minimum atomic E-state index is -0.0366. The van der Waals surface area contributed by atoms with Crippen LogP contribution in [0.1, 0.15) is 0 Å². The monoisotopic (exact) mass is 214 g/mol. The molecule has 0 fully saturated rings. The fourth-order valence-corrected chi connectivity index (χ4v) is 1.88. The first-order valence-corrected chi connectivity index (χ1v) is 4.90. The summed E-state index contributed by atoms with van der Waals surface area (Å²) in [6.45, 7) is 0. The Bertz CT molecular complexity index is 754. The summed E-state index contributed by atoms with van der Waals surface area (Å²) < 4.78 is 1.74. The molecule has 0 amide bonds. The van der Waals surface area contributed by atoms with Crippen LogP contribution in [0.4, 0.5) is 5.82 Å². The topological polar surface area (TPSA) is 76.7 Å². The first-order chi connectivity index (χ1) is 7.65. The lowest BCUT2D eigenvalue weighted by Gasteiger charge is -1.97. The van der Waals surface area contributed by atoms with Crippen molar-refractivity contribution < 1.29 is 0 Å². The molecule has 16 heavy (non-hydrogen) atoms. The van der Waals surface area contributed by atoms with Gasteiger partial charge in [0.1, 0.15) is 5.82 Å². The summed E-state index contributed by atoms with van der Waals surface area (Å²) in [4.78, 5) is 15.6. The lowest BCUT2D eigenvalue weighted by molar-refractivity contribution is 0.792. The van der Waals surface area contributed by atoms with Gasteiger partial charge >= 0.3 is 0 Å². The Kier molecular flexibility index (Phi) is 1.60. The smallest absolute Gasteiger partial charge is 0.180 e. The Balaban J connectivity index is 2.55. The SMILES string of the molecule is Cn1[nH]c(N)c2cc3ccc(=O)cc3nc21. The molecule has 0 aliphatic rings. The predicted octanol–water partition coefficient (Wildman–Crippen LogP) is 0.997. The Morgan fingerprint density at radius 3 is 3.00 bits per heavy atom. The van der Waals surface area contributed by atoms with Crippen LogP contribution in [0.5, 0.6) is 0 Å². The lowest BCUT2D eigenvalue weighted by Crippen LogP contribution is -1.97. The summed E-state index contributed by atoms with van der Waals surface area (Å²) in [5.41, 5.74) is 7.22. The molecule has 5 heteroatoms. The van der Waals surface area contributed by atoms with Crippen molar-refractivity contribution in [3.8, 4) is 0 Å². The Labute approximate surface area is 90.5 Å². The highest BCUT2D eigenvalue weighted by molar-refractivity contribution is 5.96. The third kappa shape index (κ3) is 1.11. The molecular weight excluding hydrogens is 204 g/mol. The average Bonchev–Trinajstić information content (AvgIpc) is 2.52. The van der Waals surface area contributed by atoms with Gasteiger partial charge in [-0.3, -0.25) is 14.6 Å². The third-order valence-electron chi connectivity index (χ3n) is 2.67. The van der Waals surface area contributed by atoms with E-state index in [0.717, 1.165) is 16.4 Å². The number of nitrogens with two attached hydrogens (primary N) is 1. The molecule has 0 radical (unpaired) electrons. The second kappa shape index (κ2) is 2.85. The zero-order chi connectivity index (χ0) is 11.3. The first-order valence-electron chi connectivity index (χ1n) is 4.90. The molecule has 1 aromatic carbocycles.